The summed E-state index contributed by atoms with van der Waals surface area (Å²) in [5.74, 6) is 1.49. The molecular weight excluding hydrogens is 332 g/mol. The van der Waals surface area contributed by atoms with Crippen molar-refractivity contribution in [2.45, 2.75) is 12.8 Å². The van der Waals surface area contributed by atoms with Crippen molar-refractivity contribution in [1.82, 2.24) is 0 Å². The van der Waals surface area contributed by atoms with E-state index in [2.05, 4.69) is 10.2 Å². The molecule has 138 valence electrons. The smallest absolute Gasteiger partial charge is 0.255 e. The Kier molecular flexibility index (Phi) is 5.51. The predicted molar refractivity (Wildman–Crippen MR) is 102 cm³/mol. The summed E-state index contributed by atoms with van der Waals surface area (Å²) in [6, 6.07) is 10.9. The van der Waals surface area contributed by atoms with Gasteiger partial charge in [-0.1, -0.05) is 0 Å². The van der Waals surface area contributed by atoms with Gasteiger partial charge in [-0.25, -0.2) is 0 Å². The van der Waals surface area contributed by atoms with Gasteiger partial charge in [0.1, 0.15) is 5.75 Å². The van der Waals surface area contributed by atoms with Gasteiger partial charge in [-0.15, -0.1) is 0 Å². The lowest BCUT2D eigenvalue weighted by Gasteiger charge is -2.20. The molecule has 1 saturated heterocycles. The van der Waals surface area contributed by atoms with E-state index in [9.17, 15) is 4.79 Å². The largest absolute Gasteiger partial charge is 0.495 e. The van der Waals surface area contributed by atoms with Crippen LogP contribution in [0.1, 0.15) is 23.2 Å². The lowest BCUT2D eigenvalue weighted by atomic mass is 10.1. The molecule has 1 amide bonds. The first-order chi connectivity index (χ1) is 12.7. The first-order valence-electron chi connectivity index (χ1n) is 8.62. The summed E-state index contributed by atoms with van der Waals surface area (Å²) < 4.78 is 15.9. The maximum Gasteiger partial charge on any atom is 0.255 e. The number of nitrogens with zero attached hydrogens (tertiary/aromatic N) is 1. The normalized spacial score (nSPS) is 13.4. The zero-order valence-electron chi connectivity index (χ0n) is 15.4. The molecule has 0 aliphatic carbocycles. The van der Waals surface area contributed by atoms with E-state index in [0.717, 1.165) is 18.8 Å². The van der Waals surface area contributed by atoms with Gasteiger partial charge in [0, 0.05) is 24.3 Å². The van der Waals surface area contributed by atoms with Crippen LogP contribution in [0.25, 0.3) is 0 Å². The molecule has 0 atom stereocenters. The van der Waals surface area contributed by atoms with Crippen LogP contribution in [-0.4, -0.2) is 40.3 Å². The van der Waals surface area contributed by atoms with E-state index in [0.29, 0.717) is 28.5 Å². The zero-order chi connectivity index (χ0) is 18.5. The lowest BCUT2D eigenvalue weighted by Crippen LogP contribution is -2.18. The number of hydrogen-bond acceptors (Lipinski definition) is 5. The van der Waals surface area contributed by atoms with Gasteiger partial charge in [0.25, 0.3) is 5.91 Å². The van der Waals surface area contributed by atoms with Gasteiger partial charge in [-0.05, 0) is 49.2 Å². The molecule has 3 rings (SSSR count). The molecule has 0 unspecified atom stereocenters. The standard InChI is InChI=1S/C20H24N2O4/c1-24-17-9-7-15(22-10-4-5-11-22)13-16(17)21-20(23)14-6-8-18(25-2)19(12-14)26-3/h6-9,12-13H,4-5,10-11H2,1-3H3,(H,21,23). The molecule has 6 heteroatoms. The molecule has 0 aromatic heterocycles. The highest BCUT2D eigenvalue weighted by molar-refractivity contribution is 6.05. The highest BCUT2D eigenvalue weighted by Gasteiger charge is 2.17. The summed E-state index contributed by atoms with van der Waals surface area (Å²) >= 11 is 0. The van der Waals surface area contributed by atoms with E-state index < -0.39 is 0 Å². The average Bonchev–Trinajstić information content (AvgIpc) is 3.22. The van der Waals surface area contributed by atoms with Crippen molar-refractivity contribution < 1.29 is 19.0 Å². The van der Waals surface area contributed by atoms with Gasteiger partial charge in [0.2, 0.25) is 0 Å². The van der Waals surface area contributed by atoms with Crippen LogP contribution in [0.3, 0.4) is 0 Å². The summed E-state index contributed by atoms with van der Waals surface area (Å²) in [4.78, 5) is 15.0. The molecular formula is C20H24N2O4. The van der Waals surface area contributed by atoms with Crippen LogP contribution >= 0.6 is 0 Å². The number of amides is 1. The topological polar surface area (TPSA) is 60.0 Å². The third-order valence-corrected chi connectivity index (χ3v) is 4.55. The Hall–Kier alpha value is -2.89. The first-order valence-corrected chi connectivity index (χ1v) is 8.62. The Labute approximate surface area is 153 Å². The predicted octanol–water partition coefficient (Wildman–Crippen LogP) is 3.56. The van der Waals surface area contributed by atoms with E-state index in [4.69, 9.17) is 14.2 Å². The molecule has 1 aliphatic heterocycles. The minimum Gasteiger partial charge on any atom is -0.495 e. The van der Waals surface area contributed by atoms with E-state index in [-0.39, 0.29) is 5.91 Å². The Morgan fingerprint density at radius 3 is 2.19 bits per heavy atom. The van der Waals surface area contributed by atoms with E-state index in [1.807, 2.05) is 18.2 Å². The zero-order valence-corrected chi connectivity index (χ0v) is 15.4. The number of ether oxygens (including phenoxy) is 3. The van der Waals surface area contributed by atoms with Crippen LogP contribution in [0.4, 0.5) is 11.4 Å². The molecule has 26 heavy (non-hydrogen) atoms. The van der Waals surface area contributed by atoms with Crippen LogP contribution in [0, 0.1) is 0 Å². The van der Waals surface area contributed by atoms with Crippen molar-refractivity contribution >= 4 is 17.3 Å². The van der Waals surface area contributed by atoms with E-state index in [1.165, 1.54) is 12.8 Å². The molecule has 2 aromatic rings. The number of benzene rings is 2. The fraction of sp³-hybridized carbons (Fsp3) is 0.350. The number of methoxy groups -OCH3 is 3. The van der Waals surface area contributed by atoms with Crippen LogP contribution < -0.4 is 24.4 Å². The second-order valence-electron chi connectivity index (χ2n) is 6.10. The highest BCUT2D eigenvalue weighted by Crippen LogP contribution is 2.32. The van der Waals surface area contributed by atoms with Gasteiger partial charge in [-0.2, -0.15) is 0 Å². The molecule has 2 aromatic carbocycles. The minimum atomic E-state index is -0.233. The van der Waals surface area contributed by atoms with Crippen LogP contribution in [0.5, 0.6) is 17.2 Å². The molecule has 0 spiro atoms. The Morgan fingerprint density at radius 2 is 1.54 bits per heavy atom. The molecule has 1 heterocycles. The van der Waals surface area contributed by atoms with Crippen molar-refractivity contribution in [1.29, 1.82) is 0 Å². The van der Waals surface area contributed by atoms with Gasteiger partial charge >= 0.3 is 0 Å². The van der Waals surface area contributed by atoms with Gasteiger partial charge in [-0.3, -0.25) is 4.79 Å². The Bertz CT molecular complexity index is 785. The molecule has 0 bridgehead atoms. The molecule has 0 radical (unpaired) electrons. The quantitative estimate of drug-likeness (QED) is 0.857. The Morgan fingerprint density at radius 1 is 0.885 bits per heavy atom. The summed E-state index contributed by atoms with van der Waals surface area (Å²) in [6.45, 7) is 2.07. The number of rotatable bonds is 6. The number of nitrogens with one attached hydrogen (secondary N) is 1. The first kappa shape index (κ1) is 17.9. The summed E-state index contributed by atoms with van der Waals surface area (Å²) in [6.07, 6.45) is 2.39. The number of carbonyl (C=O) groups is 1. The second kappa shape index (κ2) is 7.99. The summed E-state index contributed by atoms with van der Waals surface area (Å²) in [5, 5.41) is 2.94. The number of hydrogen-bond donors (Lipinski definition) is 1. The molecule has 1 N–H and O–H groups in total. The van der Waals surface area contributed by atoms with Crippen molar-refractivity contribution in [3.05, 3.63) is 42.0 Å². The highest BCUT2D eigenvalue weighted by atomic mass is 16.5. The van der Waals surface area contributed by atoms with E-state index >= 15 is 0 Å². The summed E-state index contributed by atoms with van der Waals surface area (Å²) in [5.41, 5.74) is 2.22. The Balaban J connectivity index is 1.85. The maximum absolute atomic E-state index is 12.7. The van der Waals surface area contributed by atoms with Gasteiger partial charge in [0.15, 0.2) is 11.5 Å². The molecule has 6 nitrogen and oxygen atoms in total. The van der Waals surface area contributed by atoms with Crippen molar-refractivity contribution in [2.24, 2.45) is 0 Å². The average molecular weight is 356 g/mol. The van der Waals surface area contributed by atoms with Gasteiger partial charge in [0.05, 0.1) is 27.0 Å². The number of anilines is 2. The third-order valence-electron chi connectivity index (χ3n) is 4.55. The van der Waals surface area contributed by atoms with Crippen LogP contribution in [0.2, 0.25) is 0 Å². The molecule has 1 aliphatic rings. The van der Waals surface area contributed by atoms with Crippen molar-refractivity contribution in [2.75, 3.05) is 44.6 Å². The second-order valence-corrected chi connectivity index (χ2v) is 6.10. The maximum atomic E-state index is 12.7. The summed E-state index contributed by atoms with van der Waals surface area (Å²) in [7, 11) is 4.70. The lowest BCUT2D eigenvalue weighted by molar-refractivity contribution is 0.102. The van der Waals surface area contributed by atoms with E-state index in [1.54, 1.807) is 39.5 Å². The fourth-order valence-corrected chi connectivity index (χ4v) is 3.14. The van der Waals surface area contributed by atoms with Crippen LogP contribution in [-0.2, 0) is 0 Å². The van der Waals surface area contributed by atoms with Gasteiger partial charge < -0.3 is 24.4 Å². The van der Waals surface area contributed by atoms with Crippen molar-refractivity contribution in [3.63, 3.8) is 0 Å². The molecule has 0 saturated carbocycles. The fourth-order valence-electron chi connectivity index (χ4n) is 3.14. The monoisotopic (exact) mass is 356 g/mol. The molecule has 1 fully saturated rings. The minimum absolute atomic E-state index is 0.233. The van der Waals surface area contributed by atoms with Crippen LogP contribution in [0.15, 0.2) is 36.4 Å². The number of carbonyl (C=O) groups excluding carboxylic acids is 1. The third kappa shape index (κ3) is 3.69. The van der Waals surface area contributed by atoms with Crippen molar-refractivity contribution in [3.8, 4) is 17.2 Å². The SMILES string of the molecule is COc1ccc(N2CCCC2)cc1NC(=O)c1ccc(OC)c(OC)c1.